The molecular formula is C16H15N5O2. The first-order valence-corrected chi connectivity index (χ1v) is 7.06. The zero-order valence-electron chi connectivity index (χ0n) is 12.5. The third-order valence-electron chi connectivity index (χ3n) is 3.54. The van der Waals surface area contributed by atoms with E-state index in [0.29, 0.717) is 11.4 Å². The fourth-order valence-corrected chi connectivity index (χ4v) is 2.37. The molecule has 2 aromatic carbocycles. The lowest BCUT2D eigenvalue weighted by Crippen LogP contribution is -2.03. The van der Waals surface area contributed by atoms with Gasteiger partial charge < -0.3 is 5.73 Å². The molecule has 0 saturated carbocycles. The number of benzene rings is 2. The summed E-state index contributed by atoms with van der Waals surface area (Å²) in [4.78, 5) is 10.5. The highest BCUT2D eigenvalue weighted by molar-refractivity contribution is 5.65. The van der Waals surface area contributed by atoms with E-state index in [0.717, 1.165) is 16.8 Å². The molecule has 0 saturated heterocycles. The van der Waals surface area contributed by atoms with Crippen molar-refractivity contribution >= 4 is 5.69 Å². The summed E-state index contributed by atoms with van der Waals surface area (Å²) in [6, 6.07) is 14.2. The van der Waals surface area contributed by atoms with Crippen LogP contribution in [-0.4, -0.2) is 19.9 Å². The molecule has 1 aromatic heterocycles. The van der Waals surface area contributed by atoms with Crippen LogP contribution < -0.4 is 5.73 Å². The number of nitrogens with two attached hydrogens (primary N) is 1. The van der Waals surface area contributed by atoms with E-state index in [9.17, 15) is 10.1 Å². The first kappa shape index (κ1) is 14.9. The third-order valence-corrected chi connectivity index (χ3v) is 3.54. The first-order valence-electron chi connectivity index (χ1n) is 7.06. The van der Waals surface area contributed by atoms with Crippen LogP contribution in [0, 0.1) is 17.0 Å². The van der Waals surface area contributed by atoms with Crippen LogP contribution in [0.5, 0.6) is 0 Å². The van der Waals surface area contributed by atoms with E-state index in [1.807, 2.05) is 31.2 Å². The summed E-state index contributed by atoms with van der Waals surface area (Å²) in [5.41, 5.74) is 9.77. The van der Waals surface area contributed by atoms with Crippen LogP contribution in [0.2, 0.25) is 0 Å². The van der Waals surface area contributed by atoms with Crippen LogP contribution in [0.3, 0.4) is 0 Å². The van der Waals surface area contributed by atoms with Crippen molar-refractivity contribution < 1.29 is 4.92 Å². The van der Waals surface area contributed by atoms with Crippen molar-refractivity contribution in [3.05, 3.63) is 69.9 Å². The highest BCUT2D eigenvalue weighted by Gasteiger charge is 2.17. The molecule has 116 valence electrons. The average molecular weight is 309 g/mol. The summed E-state index contributed by atoms with van der Waals surface area (Å²) >= 11 is 0. The highest BCUT2D eigenvalue weighted by atomic mass is 16.6. The molecule has 23 heavy (non-hydrogen) atoms. The second-order valence-corrected chi connectivity index (χ2v) is 5.14. The SMILES string of the molecule is Cc1ccc(-c2c(CN)nnn2-c2cccc([N+](=O)[O-])c2)cc1. The molecular weight excluding hydrogens is 294 g/mol. The molecule has 0 aliphatic heterocycles. The van der Waals surface area contributed by atoms with Gasteiger partial charge in [-0.05, 0) is 13.0 Å². The van der Waals surface area contributed by atoms with Crippen LogP contribution in [0.25, 0.3) is 16.9 Å². The Kier molecular flexibility index (Phi) is 3.86. The summed E-state index contributed by atoms with van der Waals surface area (Å²) in [7, 11) is 0. The number of rotatable bonds is 4. The van der Waals surface area contributed by atoms with E-state index >= 15 is 0 Å². The van der Waals surface area contributed by atoms with Crippen LogP contribution >= 0.6 is 0 Å². The van der Waals surface area contributed by atoms with Crippen molar-refractivity contribution in [1.29, 1.82) is 0 Å². The number of aromatic nitrogens is 3. The lowest BCUT2D eigenvalue weighted by Gasteiger charge is -2.08. The Bertz CT molecular complexity index is 855. The molecule has 0 aliphatic rings. The van der Waals surface area contributed by atoms with E-state index in [4.69, 9.17) is 5.73 Å². The predicted octanol–water partition coefficient (Wildman–Crippen LogP) is 2.61. The minimum Gasteiger partial charge on any atom is -0.325 e. The van der Waals surface area contributed by atoms with Crippen molar-refractivity contribution in [3.8, 4) is 16.9 Å². The number of nitro benzene ring substituents is 1. The molecule has 7 heteroatoms. The lowest BCUT2D eigenvalue weighted by atomic mass is 10.1. The van der Waals surface area contributed by atoms with Crippen LogP contribution in [0.4, 0.5) is 5.69 Å². The number of hydrogen-bond donors (Lipinski definition) is 1. The second kappa shape index (κ2) is 5.98. The fraction of sp³-hybridized carbons (Fsp3) is 0.125. The zero-order chi connectivity index (χ0) is 16.4. The third kappa shape index (κ3) is 2.82. The normalized spacial score (nSPS) is 10.7. The molecule has 3 aromatic rings. The van der Waals surface area contributed by atoms with Crippen LogP contribution in [0.1, 0.15) is 11.3 Å². The minimum atomic E-state index is -0.435. The maximum absolute atomic E-state index is 11.0. The standard InChI is InChI=1S/C16H15N5O2/c1-11-5-7-12(8-6-11)16-15(10-17)18-19-20(16)13-3-2-4-14(9-13)21(22)23/h2-9H,10,17H2,1H3. The number of aryl methyl sites for hydroxylation is 1. The van der Waals surface area contributed by atoms with Crippen molar-refractivity contribution in [2.45, 2.75) is 13.5 Å². The molecule has 0 unspecified atom stereocenters. The maximum Gasteiger partial charge on any atom is 0.271 e. The molecule has 0 amide bonds. The number of nitrogens with zero attached hydrogens (tertiary/aromatic N) is 4. The van der Waals surface area contributed by atoms with Crippen LogP contribution in [0.15, 0.2) is 48.5 Å². The van der Waals surface area contributed by atoms with Crippen molar-refractivity contribution in [2.24, 2.45) is 5.73 Å². The Morgan fingerprint density at radius 1 is 1.22 bits per heavy atom. The van der Waals surface area contributed by atoms with E-state index in [2.05, 4.69) is 10.3 Å². The summed E-state index contributed by atoms with van der Waals surface area (Å²) in [5, 5.41) is 19.2. The van der Waals surface area contributed by atoms with Gasteiger partial charge in [-0.2, -0.15) is 0 Å². The largest absolute Gasteiger partial charge is 0.325 e. The predicted molar refractivity (Wildman–Crippen MR) is 86.1 cm³/mol. The van der Waals surface area contributed by atoms with Gasteiger partial charge in [0, 0.05) is 24.2 Å². The molecule has 0 spiro atoms. The maximum atomic E-state index is 11.0. The van der Waals surface area contributed by atoms with E-state index in [1.54, 1.807) is 16.8 Å². The summed E-state index contributed by atoms with van der Waals surface area (Å²) in [6.07, 6.45) is 0. The lowest BCUT2D eigenvalue weighted by molar-refractivity contribution is -0.384. The topological polar surface area (TPSA) is 99.9 Å². The quantitative estimate of drug-likeness (QED) is 0.590. The summed E-state index contributed by atoms with van der Waals surface area (Å²) < 4.78 is 1.58. The number of nitro groups is 1. The Balaban J connectivity index is 2.17. The molecule has 0 bridgehead atoms. The van der Waals surface area contributed by atoms with Crippen LogP contribution in [-0.2, 0) is 6.54 Å². The molecule has 3 rings (SSSR count). The van der Waals surface area contributed by atoms with Gasteiger partial charge in [0.05, 0.1) is 16.3 Å². The van der Waals surface area contributed by atoms with Gasteiger partial charge in [0.1, 0.15) is 5.69 Å². The molecule has 0 aliphatic carbocycles. The van der Waals surface area contributed by atoms with Gasteiger partial charge in [0.15, 0.2) is 0 Å². The average Bonchev–Trinajstić information content (AvgIpc) is 2.99. The highest BCUT2D eigenvalue weighted by Crippen LogP contribution is 2.26. The Labute approximate surface area is 132 Å². The summed E-state index contributed by atoms with van der Waals surface area (Å²) in [6.45, 7) is 2.24. The van der Waals surface area contributed by atoms with E-state index < -0.39 is 4.92 Å². The van der Waals surface area contributed by atoms with Gasteiger partial charge in [0.2, 0.25) is 0 Å². The van der Waals surface area contributed by atoms with Gasteiger partial charge in [-0.25, -0.2) is 4.68 Å². The molecule has 7 nitrogen and oxygen atoms in total. The minimum absolute atomic E-state index is 0.00199. The molecule has 2 N–H and O–H groups in total. The van der Waals surface area contributed by atoms with Crippen molar-refractivity contribution in [1.82, 2.24) is 15.0 Å². The van der Waals surface area contributed by atoms with Gasteiger partial charge >= 0.3 is 0 Å². The van der Waals surface area contributed by atoms with Crippen molar-refractivity contribution in [2.75, 3.05) is 0 Å². The number of hydrogen-bond acceptors (Lipinski definition) is 5. The molecule has 0 atom stereocenters. The Morgan fingerprint density at radius 3 is 2.61 bits per heavy atom. The Morgan fingerprint density at radius 2 is 1.96 bits per heavy atom. The summed E-state index contributed by atoms with van der Waals surface area (Å²) in [5.74, 6) is 0. The smallest absolute Gasteiger partial charge is 0.271 e. The van der Waals surface area contributed by atoms with Gasteiger partial charge in [-0.15, -0.1) is 5.10 Å². The van der Waals surface area contributed by atoms with E-state index in [-0.39, 0.29) is 12.2 Å². The van der Waals surface area contributed by atoms with Gasteiger partial charge in [0.25, 0.3) is 5.69 Å². The molecule has 1 heterocycles. The van der Waals surface area contributed by atoms with Crippen molar-refractivity contribution in [3.63, 3.8) is 0 Å². The second-order valence-electron chi connectivity index (χ2n) is 5.14. The van der Waals surface area contributed by atoms with E-state index in [1.165, 1.54) is 12.1 Å². The Hall–Kier alpha value is -3.06. The molecule has 0 fully saturated rings. The first-order chi connectivity index (χ1) is 11.1. The van der Waals surface area contributed by atoms with Gasteiger partial charge in [-0.1, -0.05) is 41.1 Å². The zero-order valence-corrected chi connectivity index (χ0v) is 12.5. The fourth-order valence-electron chi connectivity index (χ4n) is 2.37. The number of non-ortho nitro benzene ring substituents is 1. The monoisotopic (exact) mass is 309 g/mol. The van der Waals surface area contributed by atoms with Gasteiger partial charge in [-0.3, -0.25) is 10.1 Å². The molecule has 0 radical (unpaired) electrons.